The highest BCUT2D eigenvalue weighted by molar-refractivity contribution is 5.76. The molecule has 0 aromatic rings. The number of rotatable bonds is 6. The highest BCUT2D eigenvalue weighted by Gasteiger charge is 2.70. The molecule has 18 atom stereocenters. The van der Waals surface area contributed by atoms with Crippen LogP contribution in [0, 0.1) is 50.2 Å². The Hall–Kier alpha value is -1.19. The van der Waals surface area contributed by atoms with Crippen LogP contribution in [0.25, 0.3) is 0 Å². The molecule has 0 aromatic heterocycles. The molecule has 7 N–H and O–H groups in total. The summed E-state index contributed by atoms with van der Waals surface area (Å²) in [6.07, 6.45) is -1.73. The molecule has 0 radical (unpaired) electrons. The molecule has 7 rings (SSSR count). The number of aliphatic carboxylic acids is 1. The SMILES string of the molecule is C[C@@H]1O[C@@H](O[C@H]2CC[C@@]3(C)[C@@H](CC[C@]4(C)[C@@H]3CC=C3[C@@H]5CC(C)(C)CC[C@]5(C(=O)O)CC[C@]34C)[C@]2(C)CO)[C@H](O[C@@H]2OC[C@H](O)[C@H](O)[C@H]2O)[C@H](O)[C@H]1O. The van der Waals surface area contributed by atoms with E-state index in [1.807, 2.05) is 0 Å². The minimum Gasteiger partial charge on any atom is -0.481 e. The molecule has 7 aliphatic rings. The third-order valence-corrected chi connectivity index (χ3v) is 17.0. The third-order valence-electron chi connectivity index (χ3n) is 17.0. The summed E-state index contributed by atoms with van der Waals surface area (Å²) in [5.41, 5.74) is -0.251. The Morgan fingerprint density at radius 1 is 0.830 bits per heavy atom. The molecule has 302 valence electrons. The lowest BCUT2D eigenvalue weighted by atomic mass is 9.33. The van der Waals surface area contributed by atoms with Gasteiger partial charge in [0.05, 0.1) is 30.8 Å². The van der Waals surface area contributed by atoms with Gasteiger partial charge >= 0.3 is 5.97 Å². The van der Waals surface area contributed by atoms with Crippen LogP contribution in [-0.2, 0) is 23.7 Å². The molecular weight excluding hydrogens is 684 g/mol. The Morgan fingerprint density at radius 3 is 2.21 bits per heavy atom. The van der Waals surface area contributed by atoms with Crippen LogP contribution in [0.15, 0.2) is 11.6 Å². The molecule has 0 bridgehead atoms. The van der Waals surface area contributed by atoms with E-state index in [2.05, 4.69) is 47.6 Å². The van der Waals surface area contributed by atoms with E-state index in [9.17, 15) is 40.5 Å². The summed E-state index contributed by atoms with van der Waals surface area (Å²) < 4.78 is 24.3. The largest absolute Gasteiger partial charge is 0.481 e. The number of fused-ring (bicyclic) bond motifs is 7. The van der Waals surface area contributed by atoms with Crippen molar-refractivity contribution >= 4 is 5.97 Å². The van der Waals surface area contributed by atoms with Gasteiger partial charge in [0.25, 0.3) is 0 Å². The van der Waals surface area contributed by atoms with Crippen LogP contribution in [-0.4, -0.2) is 116 Å². The molecule has 2 heterocycles. The van der Waals surface area contributed by atoms with Crippen LogP contribution < -0.4 is 0 Å². The second kappa shape index (κ2) is 13.5. The summed E-state index contributed by atoms with van der Waals surface area (Å²) in [6, 6.07) is 0. The van der Waals surface area contributed by atoms with Crippen molar-refractivity contribution in [1.82, 2.24) is 0 Å². The van der Waals surface area contributed by atoms with E-state index in [0.717, 1.165) is 51.4 Å². The van der Waals surface area contributed by atoms with Crippen molar-refractivity contribution in [3.05, 3.63) is 11.6 Å². The minimum atomic E-state index is -1.61. The maximum Gasteiger partial charge on any atom is 0.310 e. The van der Waals surface area contributed by atoms with Gasteiger partial charge in [0.1, 0.15) is 36.6 Å². The van der Waals surface area contributed by atoms with E-state index in [4.69, 9.17) is 18.9 Å². The first-order chi connectivity index (χ1) is 24.7. The Bertz CT molecular complexity index is 1440. The Balaban J connectivity index is 1.16. The molecular formula is C41H66O12. The average molecular weight is 751 g/mol. The van der Waals surface area contributed by atoms with E-state index in [0.29, 0.717) is 18.8 Å². The lowest BCUT2D eigenvalue weighted by Gasteiger charge is -2.71. The zero-order chi connectivity index (χ0) is 38.7. The second-order valence-electron chi connectivity index (χ2n) is 20.0. The summed E-state index contributed by atoms with van der Waals surface area (Å²) >= 11 is 0. The monoisotopic (exact) mass is 750 g/mol. The van der Waals surface area contributed by atoms with E-state index in [1.54, 1.807) is 6.92 Å². The smallest absolute Gasteiger partial charge is 0.310 e. The van der Waals surface area contributed by atoms with Gasteiger partial charge in [-0.2, -0.15) is 0 Å². The molecule has 0 unspecified atom stereocenters. The van der Waals surface area contributed by atoms with Crippen molar-refractivity contribution in [2.75, 3.05) is 13.2 Å². The number of carboxylic acid groups (broad SMARTS) is 1. The first-order valence-corrected chi connectivity index (χ1v) is 20.2. The first-order valence-electron chi connectivity index (χ1n) is 20.2. The molecule has 5 aliphatic carbocycles. The molecule has 6 fully saturated rings. The Kier molecular flexibility index (Phi) is 10.2. The summed E-state index contributed by atoms with van der Waals surface area (Å²) in [7, 11) is 0. The molecule has 53 heavy (non-hydrogen) atoms. The number of carboxylic acids is 1. The number of hydrogen-bond donors (Lipinski definition) is 7. The van der Waals surface area contributed by atoms with Crippen molar-refractivity contribution in [1.29, 1.82) is 0 Å². The van der Waals surface area contributed by atoms with Gasteiger partial charge in [-0.05, 0) is 111 Å². The van der Waals surface area contributed by atoms with Gasteiger partial charge in [-0.25, -0.2) is 0 Å². The van der Waals surface area contributed by atoms with Crippen molar-refractivity contribution in [2.24, 2.45) is 50.2 Å². The van der Waals surface area contributed by atoms with Gasteiger partial charge in [-0.15, -0.1) is 0 Å². The Labute approximate surface area is 314 Å². The number of hydrogen-bond acceptors (Lipinski definition) is 11. The maximum atomic E-state index is 13.0. The van der Waals surface area contributed by atoms with Crippen molar-refractivity contribution < 1.29 is 59.5 Å². The quantitative estimate of drug-likeness (QED) is 0.155. The van der Waals surface area contributed by atoms with Crippen molar-refractivity contribution in [3.63, 3.8) is 0 Å². The molecule has 0 amide bonds. The fraction of sp³-hybridized carbons (Fsp3) is 0.927. The highest BCUT2D eigenvalue weighted by atomic mass is 16.8. The van der Waals surface area contributed by atoms with Crippen LogP contribution in [0.3, 0.4) is 0 Å². The molecule has 2 aliphatic heterocycles. The standard InChI is InChI=1S/C41H66O12/c1-21-28(44)30(46)32(53-33-31(47)29(45)24(43)19-50-33)34(51-21)52-27-11-12-37(4)25(38(27,5)20-42)10-13-40(7)26(37)9-8-22-23-18-36(2,3)14-16-41(23,35(48)49)17-15-39(22,40)6/h8,21,23-34,42-47H,9-20H2,1-7H3,(H,48,49)/t21-,23-,24-,25+,26+,27-,28-,29-,30+,31+,32+,33-,34-,37-,38-,39+,40+,41-/m0/s1. The number of allylic oxidation sites excluding steroid dienone is 2. The van der Waals surface area contributed by atoms with E-state index >= 15 is 0 Å². The summed E-state index contributed by atoms with van der Waals surface area (Å²) in [5, 5.41) is 74.8. The zero-order valence-electron chi connectivity index (χ0n) is 32.7. The van der Waals surface area contributed by atoms with E-state index < -0.39 is 78.2 Å². The third kappa shape index (κ3) is 5.85. The fourth-order valence-electron chi connectivity index (χ4n) is 13.3. The van der Waals surface area contributed by atoms with Gasteiger partial charge in [-0.1, -0.05) is 53.2 Å². The second-order valence-corrected chi connectivity index (χ2v) is 20.0. The number of carbonyl (C=O) groups is 1. The summed E-state index contributed by atoms with van der Waals surface area (Å²) in [5.74, 6) is -0.200. The minimum absolute atomic E-state index is 0.0352. The molecule has 12 heteroatoms. The van der Waals surface area contributed by atoms with Gasteiger partial charge in [-0.3, -0.25) is 4.79 Å². The normalized spacial score (nSPS) is 55.1. The van der Waals surface area contributed by atoms with Crippen LogP contribution in [0.2, 0.25) is 0 Å². The molecule has 0 spiro atoms. The fourth-order valence-corrected chi connectivity index (χ4v) is 13.3. The van der Waals surface area contributed by atoms with Crippen LogP contribution in [0.1, 0.15) is 113 Å². The average Bonchev–Trinajstić information content (AvgIpc) is 3.10. The van der Waals surface area contributed by atoms with Gasteiger partial charge in [0, 0.05) is 5.41 Å². The van der Waals surface area contributed by atoms with Crippen LogP contribution in [0.4, 0.5) is 0 Å². The number of aliphatic hydroxyl groups is 6. The Morgan fingerprint density at radius 2 is 1.53 bits per heavy atom. The van der Waals surface area contributed by atoms with E-state index in [-0.39, 0.29) is 46.7 Å². The number of aliphatic hydroxyl groups excluding tert-OH is 6. The molecule has 4 saturated carbocycles. The van der Waals surface area contributed by atoms with E-state index in [1.165, 1.54) is 5.57 Å². The van der Waals surface area contributed by atoms with Crippen molar-refractivity contribution in [3.8, 4) is 0 Å². The van der Waals surface area contributed by atoms with Gasteiger partial charge < -0.3 is 54.7 Å². The first kappa shape index (κ1) is 40.0. The summed E-state index contributed by atoms with van der Waals surface area (Å²) in [6.45, 7) is 15.2. The highest BCUT2D eigenvalue weighted by Crippen LogP contribution is 2.76. The lowest BCUT2D eigenvalue weighted by molar-refractivity contribution is -0.368. The lowest BCUT2D eigenvalue weighted by Crippen LogP contribution is -2.67. The summed E-state index contributed by atoms with van der Waals surface area (Å²) in [4.78, 5) is 13.0. The maximum absolute atomic E-state index is 13.0. The number of ether oxygens (including phenoxy) is 4. The van der Waals surface area contributed by atoms with Gasteiger partial charge in [0.2, 0.25) is 0 Å². The topological polar surface area (TPSA) is 196 Å². The molecule has 12 nitrogen and oxygen atoms in total. The van der Waals surface area contributed by atoms with Crippen LogP contribution >= 0.6 is 0 Å². The predicted molar refractivity (Wildman–Crippen MR) is 192 cm³/mol. The van der Waals surface area contributed by atoms with Gasteiger partial charge in [0.15, 0.2) is 12.6 Å². The van der Waals surface area contributed by atoms with Crippen LogP contribution in [0.5, 0.6) is 0 Å². The zero-order valence-corrected chi connectivity index (χ0v) is 32.7. The van der Waals surface area contributed by atoms with Crippen molar-refractivity contribution in [2.45, 2.75) is 174 Å². The molecule has 0 aromatic carbocycles. The predicted octanol–water partition coefficient (Wildman–Crippen LogP) is 3.52. The molecule has 2 saturated heterocycles.